The average Bonchev–Trinajstić information content (AvgIpc) is 2.63. The number of rotatable bonds is 1. The SMILES string of the molecule is CNn1c2c(c3ccccc31)CCCC2. The molecular weight excluding hydrogens is 184 g/mol. The van der Waals surface area contributed by atoms with Gasteiger partial charge in [0.15, 0.2) is 0 Å². The second-order valence-corrected chi connectivity index (χ2v) is 4.21. The van der Waals surface area contributed by atoms with Crippen LogP contribution in [-0.4, -0.2) is 11.7 Å². The second kappa shape index (κ2) is 3.30. The Morgan fingerprint density at radius 1 is 1.13 bits per heavy atom. The first-order chi connectivity index (χ1) is 7.42. The zero-order chi connectivity index (χ0) is 10.3. The Morgan fingerprint density at radius 2 is 1.93 bits per heavy atom. The van der Waals surface area contributed by atoms with Crippen LogP contribution in [0.25, 0.3) is 10.9 Å². The van der Waals surface area contributed by atoms with E-state index >= 15 is 0 Å². The fraction of sp³-hybridized carbons (Fsp3) is 0.385. The normalized spacial score (nSPS) is 15.3. The number of hydrogen-bond donors (Lipinski definition) is 1. The molecule has 0 saturated heterocycles. The van der Waals surface area contributed by atoms with E-state index in [2.05, 4.69) is 34.4 Å². The van der Waals surface area contributed by atoms with E-state index in [9.17, 15) is 0 Å². The molecule has 0 unspecified atom stereocenters. The number of nitrogens with one attached hydrogen (secondary N) is 1. The lowest BCUT2D eigenvalue weighted by Gasteiger charge is -2.15. The van der Waals surface area contributed by atoms with Crippen LogP contribution in [-0.2, 0) is 12.8 Å². The van der Waals surface area contributed by atoms with Crippen LogP contribution in [0.4, 0.5) is 0 Å². The highest BCUT2D eigenvalue weighted by Gasteiger charge is 2.18. The highest BCUT2D eigenvalue weighted by molar-refractivity contribution is 5.86. The summed E-state index contributed by atoms with van der Waals surface area (Å²) in [6.45, 7) is 0. The van der Waals surface area contributed by atoms with E-state index in [1.54, 1.807) is 5.56 Å². The molecule has 1 N–H and O–H groups in total. The Hall–Kier alpha value is -1.44. The highest BCUT2D eigenvalue weighted by Crippen LogP contribution is 2.30. The van der Waals surface area contributed by atoms with Gasteiger partial charge in [0.1, 0.15) is 0 Å². The van der Waals surface area contributed by atoms with Crippen molar-refractivity contribution in [2.75, 3.05) is 12.5 Å². The molecule has 78 valence electrons. The Balaban J connectivity index is 2.37. The van der Waals surface area contributed by atoms with Gasteiger partial charge in [0.2, 0.25) is 0 Å². The summed E-state index contributed by atoms with van der Waals surface area (Å²) in [6.07, 6.45) is 5.12. The molecule has 2 aromatic rings. The first kappa shape index (κ1) is 8.84. The first-order valence-electron chi connectivity index (χ1n) is 5.71. The predicted molar refractivity (Wildman–Crippen MR) is 63.9 cm³/mol. The van der Waals surface area contributed by atoms with Crippen molar-refractivity contribution in [2.24, 2.45) is 0 Å². The second-order valence-electron chi connectivity index (χ2n) is 4.21. The molecule has 1 aliphatic rings. The van der Waals surface area contributed by atoms with E-state index < -0.39 is 0 Å². The van der Waals surface area contributed by atoms with Crippen molar-refractivity contribution < 1.29 is 0 Å². The number of fused-ring (bicyclic) bond motifs is 3. The van der Waals surface area contributed by atoms with Gasteiger partial charge in [0.05, 0.1) is 5.52 Å². The molecule has 0 spiro atoms. The number of hydrogen-bond acceptors (Lipinski definition) is 1. The van der Waals surface area contributed by atoms with Crippen LogP contribution in [0.3, 0.4) is 0 Å². The van der Waals surface area contributed by atoms with Gasteiger partial charge in [-0.2, -0.15) is 0 Å². The standard InChI is InChI=1S/C13H16N2/c1-14-15-12-8-4-2-6-10(12)11-7-3-5-9-13(11)15/h2,4,6,8,14H,3,5,7,9H2,1H3. The van der Waals surface area contributed by atoms with Gasteiger partial charge in [0.25, 0.3) is 0 Å². The molecule has 3 rings (SSSR count). The van der Waals surface area contributed by atoms with E-state index in [0.717, 1.165) is 0 Å². The molecule has 2 heteroatoms. The van der Waals surface area contributed by atoms with Gasteiger partial charge >= 0.3 is 0 Å². The maximum Gasteiger partial charge on any atom is 0.0698 e. The number of para-hydroxylation sites is 1. The minimum absolute atomic E-state index is 1.21. The van der Waals surface area contributed by atoms with Crippen molar-refractivity contribution in [3.05, 3.63) is 35.5 Å². The molecule has 0 saturated carbocycles. The van der Waals surface area contributed by atoms with Gasteiger partial charge in [0, 0.05) is 18.1 Å². The highest BCUT2D eigenvalue weighted by atomic mass is 15.4. The third kappa shape index (κ3) is 1.17. The number of nitrogens with zero attached hydrogens (tertiary/aromatic N) is 1. The van der Waals surface area contributed by atoms with Crippen molar-refractivity contribution in [1.82, 2.24) is 4.68 Å². The number of aryl methyl sites for hydroxylation is 1. The van der Waals surface area contributed by atoms with Crippen LogP contribution in [0, 0.1) is 0 Å². The van der Waals surface area contributed by atoms with Crippen LogP contribution in [0.2, 0.25) is 0 Å². The van der Waals surface area contributed by atoms with Gasteiger partial charge in [-0.25, -0.2) is 0 Å². The van der Waals surface area contributed by atoms with Gasteiger partial charge in [-0.3, -0.25) is 4.68 Å². The summed E-state index contributed by atoms with van der Waals surface area (Å²) in [7, 11) is 2.00. The number of aromatic nitrogens is 1. The van der Waals surface area contributed by atoms with Gasteiger partial charge < -0.3 is 5.43 Å². The third-order valence-corrected chi connectivity index (χ3v) is 3.40. The lowest BCUT2D eigenvalue weighted by molar-refractivity contribution is 0.656. The Labute approximate surface area is 89.9 Å². The Bertz CT molecular complexity index is 463. The maximum absolute atomic E-state index is 3.29. The summed E-state index contributed by atoms with van der Waals surface area (Å²) in [5, 5.41) is 1.43. The fourth-order valence-corrected chi connectivity index (χ4v) is 2.75. The Morgan fingerprint density at radius 3 is 2.80 bits per heavy atom. The van der Waals surface area contributed by atoms with E-state index in [1.165, 1.54) is 42.3 Å². The topological polar surface area (TPSA) is 17.0 Å². The quantitative estimate of drug-likeness (QED) is 0.749. The summed E-state index contributed by atoms with van der Waals surface area (Å²) in [5.41, 5.74) is 7.67. The van der Waals surface area contributed by atoms with Gasteiger partial charge in [-0.1, -0.05) is 18.2 Å². The van der Waals surface area contributed by atoms with E-state index in [4.69, 9.17) is 0 Å². The van der Waals surface area contributed by atoms with Crippen molar-refractivity contribution in [2.45, 2.75) is 25.7 Å². The molecule has 15 heavy (non-hydrogen) atoms. The van der Waals surface area contributed by atoms with Crippen molar-refractivity contribution >= 4 is 10.9 Å². The molecule has 1 aromatic carbocycles. The molecule has 0 aliphatic heterocycles. The van der Waals surface area contributed by atoms with Gasteiger partial charge in [-0.15, -0.1) is 0 Å². The molecule has 0 bridgehead atoms. The van der Waals surface area contributed by atoms with Crippen LogP contribution >= 0.6 is 0 Å². The smallest absolute Gasteiger partial charge is 0.0698 e. The summed E-state index contributed by atoms with van der Waals surface area (Å²) in [4.78, 5) is 0. The first-order valence-corrected chi connectivity index (χ1v) is 5.71. The van der Waals surface area contributed by atoms with Crippen LogP contribution in [0.5, 0.6) is 0 Å². The molecule has 0 atom stereocenters. The van der Waals surface area contributed by atoms with E-state index in [-0.39, 0.29) is 0 Å². The minimum Gasteiger partial charge on any atom is -0.329 e. The van der Waals surface area contributed by atoms with Crippen LogP contribution in [0.1, 0.15) is 24.1 Å². The molecule has 0 radical (unpaired) electrons. The van der Waals surface area contributed by atoms with Gasteiger partial charge in [-0.05, 0) is 37.3 Å². The summed E-state index contributed by atoms with van der Waals surface area (Å²) in [6, 6.07) is 8.69. The lowest BCUT2D eigenvalue weighted by Crippen LogP contribution is -2.14. The lowest BCUT2D eigenvalue weighted by atomic mass is 9.96. The number of benzene rings is 1. The van der Waals surface area contributed by atoms with E-state index in [0.29, 0.717) is 0 Å². The van der Waals surface area contributed by atoms with E-state index in [1.807, 2.05) is 7.05 Å². The zero-order valence-electron chi connectivity index (χ0n) is 9.09. The summed E-state index contributed by atoms with van der Waals surface area (Å²) < 4.78 is 2.25. The monoisotopic (exact) mass is 200 g/mol. The van der Waals surface area contributed by atoms with Crippen molar-refractivity contribution in [3.63, 3.8) is 0 Å². The molecule has 1 aliphatic carbocycles. The molecule has 0 fully saturated rings. The molecule has 2 nitrogen and oxygen atoms in total. The maximum atomic E-state index is 3.29. The molecule has 1 aromatic heterocycles. The van der Waals surface area contributed by atoms with Crippen molar-refractivity contribution in [3.8, 4) is 0 Å². The van der Waals surface area contributed by atoms with Crippen LogP contribution < -0.4 is 5.43 Å². The molecule has 0 amide bonds. The minimum atomic E-state index is 1.21. The average molecular weight is 200 g/mol. The third-order valence-electron chi connectivity index (χ3n) is 3.40. The van der Waals surface area contributed by atoms with Crippen LogP contribution in [0.15, 0.2) is 24.3 Å². The molecule has 1 heterocycles. The molecular formula is C13H16N2. The zero-order valence-corrected chi connectivity index (χ0v) is 9.09. The Kier molecular flexibility index (Phi) is 1.94. The summed E-state index contributed by atoms with van der Waals surface area (Å²) in [5.74, 6) is 0. The van der Waals surface area contributed by atoms with Crippen molar-refractivity contribution in [1.29, 1.82) is 0 Å². The largest absolute Gasteiger partial charge is 0.329 e. The predicted octanol–water partition coefficient (Wildman–Crippen LogP) is 2.69. The summed E-state index contributed by atoms with van der Waals surface area (Å²) >= 11 is 0. The fourth-order valence-electron chi connectivity index (χ4n) is 2.75.